The predicted octanol–water partition coefficient (Wildman–Crippen LogP) is 3.46. The minimum absolute atomic E-state index is 0.0240. The van der Waals surface area contributed by atoms with E-state index in [9.17, 15) is 14.4 Å². The monoisotopic (exact) mass is 490 g/mol. The number of thiocarbonyl (C=S) groups is 1. The van der Waals surface area contributed by atoms with Crippen LogP contribution in [0.25, 0.3) is 17.0 Å². The van der Waals surface area contributed by atoms with Crippen LogP contribution < -0.4 is 5.32 Å². The molecule has 3 amide bonds. The maximum absolute atomic E-state index is 13.2. The van der Waals surface area contributed by atoms with Gasteiger partial charge in [0.05, 0.1) is 12.8 Å². The number of nitrogens with zero attached hydrogens (tertiary/aromatic N) is 3. The van der Waals surface area contributed by atoms with Crippen molar-refractivity contribution in [1.82, 2.24) is 19.7 Å². The zero-order chi connectivity index (χ0) is 24.5. The molecule has 1 aromatic carbocycles. The van der Waals surface area contributed by atoms with E-state index in [0.29, 0.717) is 11.3 Å². The van der Waals surface area contributed by atoms with Crippen LogP contribution in [0.5, 0.6) is 0 Å². The molecule has 1 N–H and O–H groups in total. The van der Waals surface area contributed by atoms with Gasteiger partial charge in [0.1, 0.15) is 17.9 Å². The molecular weight excluding hydrogens is 464 g/mol. The maximum Gasteiger partial charge on any atom is 0.266 e. The largest absolute Gasteiger partial charge is 0.467 e. The van der Waals surface area contributed by atoms with Crippen LogP contribution in [0.1, 0.15) is 37.5 Å². The first kappa shape index (κ1) is 23.0. The second-order valence-corrected chi connectivity index (χ2v) is 9.34. The van der Waals surface area contributed by atoms with Crippen LogP contribution in [-0.4, -0.2) is 49.8 Å². The number of nitrogens with one attached hydrogen (secondary N) is 1. The molecule has 0 radical (unpaired) electrons. The lowest BCUT2D eigenvalue weighted by molar-refractivity contribution is -0.135. The Hall–Kier alpha value is -3.72. The van der Waals surface area contributed by atoms with Crippen LogP contribution >= 0.6 is 12.2 Å². The van der Waals surface area contributed by atoms with E-state index in [4.69, 9.17) is 16.6 Å². The molecule has 0 saturated carbocycles. The van der Waals surface area contributed by atoms with Gasteiger partial charge in [0.15, 0.2) is 5.11 Å². The fourth-order valence-electron chi connectivity index (χ4n) is 4.78. The molecule has 35 heavy (non-hydrogen) atoms. The summed E-state index contributed by atoms with van der Waals surface area (Å²) >= 11 is 5.23. The molecule has 180 valence electrons. The first-order valence-electron chi connectivity index (χ1n) is 11.7. The minimum atomic E-state index is -0.550. The van der Waals surface area contributed by atoms with Gasteiger partial charge in [-0.2, -0.15) is 0 Å². The molecule has 2 fully saturated rings. The Bertz CT molecular complexity index is 1340. The van der Waals surface area contributed by atoms with Crippen molar-refractivity contribution in [3.05, 3.63) is 65.8 Å². The molecule has 2 aliphatic rings. The highest BCUT2D eigenvalue weighted by Gasteiger charge is 2.34. The van der Waals surface area contributed by atoms with Crippen LogP contribution in [0, 0.1) is 0 Å². The van der Waals surface area contributed by atoms with E-state index in [1.54, 1.807) is 18.2 Å². The van der Waals surface area contributed by atoms with Gasteiger partial charge in [-0.3, -0.25) is 24.6 Å². The third-order valence-corrected chi connectivity index (χ3v) is 6.95. The molecular formula is C26H26N4O4S. The van der Waals surface area contributed by atoms with E-state index in [0.717, 1.165) is 36.7 Å². The molecule has 4 heterocycles. The number of carbonyl (C=O) groups excluding carboxylic acids is 3. The molecule has 0 bridgehead atoms. The molecule has 2 saturated heterocycles. The number of benzene rings is 1. The standard InChI is InChI=1S/C26H26N4O4S/c1-17-7-4-5-11-29(17)23(31)16-28-14-18(20-9-2-3-10-22(20)28)13-21-24(32)27-26(35)30(25(21)33)15-19-8-6-12-34-19/h2-3,6,8-10,12-14,17H,4-5,7,11,15-16H2,1H3,(H,27,32,35). The van der Waals surface area contributed by atoms with Gasteiger partial charge < -0.3 is 13.9 Å². The zero-order valence-corrected chi connectivity index (χ0v) is 20.2. The number of fused-ring (bicyclic) bond motifs is 1. The summed E-state index contributed by atoms with van der Waals surface area (Å²) in [6, 6.07) is 11.4. The van der Waals surface area contributed by atoms with Gasteiger partial charge in [-0.05, 0) is 62.7 Å². The van der Waals surface area contributed by atoms with Gasteiger partial charge in [0, 0.05) is 35.2 Å². The fourth-order valence-corrected chi connectivity index (χ4v) is 5.02. The van der Waals surface area contributed by atoms with E-state index in [-0.39, 0.29) is 35.7 Å². The van der Waals surface area contributed by atoms with Gasteiger partial charge in [-0.25, -0.2) is 0 Å². The highest BCUT2D eigenvalue weighted by molar-refractivity contribution is 7.80. The summed E-state index contributed by atoms with van der Waals surface area (Å²) in [7, 11) is 0. The number of hydrogen-bond donors (Lipinski definition) is 1. The van der Waals surface area contributed by atoms with Crippen molar-refractivity contribution in [2.45, 2.75) is 45.3 Å². The summed E-state index contributed by atoms with van der Waals surface area (Å²) in [6.45, 7) is 3.18. The Kier molecular flexibility index (Phi) is 6.25. The summed E-state index contributed by atoms with van der Waals surface area (Å²) in [6.07, 6.45) is 8.10. The fraction of sp³-hybridized carbons (Fsp3) is 0.308. The van der Waals surface area contributed by atoms with Crippen LogP contribution in [0.2, 0.25) is 0 Å². The summed E-state index contributed by atoms with van der Waals surface area (Å²) in [5.74, 6) is -0.423. The molecule has 9 heteroatoms. The Morgan fingerprint density at radius 2 is 2.03 bits per heavy atom. The van der Waals surface area contributed by atoms with Crippen LogP contribution in [0.15, 0.2) is 58.8 Å². The molecule has 8 nitrogen and oxygen atoms in total. The molecule has 3 aromatic rings. The second kappa shape index (κ2) is 9.50. The Labute approximate surface area is 208 Å². The number of para-hydroxylation sites is 1. The lowest BCUT2D eigenvalue weighted by Gasteiger charge is -2.33. The van der Waals surface area contributed by atoms with Crippen molar-refractivity contribution in [2.75, 3.05) is 6.54 Å². The molecule has 0 aliphatic carbocycles. The molecule has 0 spiro atoms. The average molecular weight is 491 g/mol. The summed E-state index contributed by atoms with van der Waals surface area (Å²) < 4.78 is 7.23. The lowest BCUT2D eigenvalue weighted by atomic mass is 10.0. The lowest BCUT2D eigenvalue weighted by Crippen LogP contribution is -2.53. The van der Waals surface area contributed by atoms with E-state index in [2.05, 4.69) is 12.2 Å². The predicted molar refractivity (Wildman–Crippen MR) is 135 cm³/mol. The molecule has 2 aromatic heterocycles. The number of rotatable bonds is 5. The number of aromatic nitrogens is 1. The summed E-state index contributed by atoms with van der Waals surface area (Å²) in [4.78, 5) is 42.3. The second-order valence-electron chi connectivity index (χ2n) is 8.95. The average Bonchev–Trinajstić information content (AvgIpc) is 3.48. The van der Waals surface area contributed by atoms with Crippen molar-refractivity contribution in [3.8, 4) is 0 Å². The first-order chi connectivity index (χ1) is 16.9. The summed E-state index contributed by atoms with van der Waals surface area (Å²) in [5, 5.41) is 3.49. The first-order valence-corrected chi connectivity index (χ1v) is 12.1. The number of carbonyl (C=O) groups is 3. The van der Waals surface area contributed by atoms with Crippen molar-refractivity contribution in [3.63, 3.8) is 0 Å². The third kappa shape index (κ3) is 4.51. The van der Waals surface area contributed by atoms with Crippen LogP contribution in [0.4, 0.5) is 0 Å². The van der Waals surface area contributed by atoms with Gasteiger partial charge in [0.2, 0.25) is 5.91 Å². The van der Waals surface area contributed by atoms with Crippen LogP contribution in [-0.2, 0) is 27.5 Å². The number of furan rings is 1. The quantitative estimate of drug-likeness (QED) is 0.336. The molecule has 2 aliphatic heterocycles. The minimum Gasteiger partial charge on any atom is -0.467 e. The number of amides is 3. The van der Waals surface area contributed by atoms with Gasteiger partial charge in [-0.15, -0.1) is 0 Å². The number of hydrogen-bond acceptors (Lipinski definition) is 5. The van der Waals surface area contributed by atoms with Gasteiger partial charge in [0.25, 0.3) is 11.8 Å². The Morgan fingerprint density at radius 1 is 1.20 bits per heavy atom. The Morgan fingerprint density at radius 3 is 2.80 bits per heavy atom. The molecule has 1 unspecified atom stereocenters. The topological polar surface area (TPSA) is 87.8 Å². The van der Waals surface area contributed by atoms with Crippen molar-refractivity contribution >= 4 is 52.0 Å². The third-order valence-electron chi connectivity index (χ3n) is 6.63. The van der Waals surface area contributed by atoms with Crippen molar-refractivity contribution in [2.24, 2.45) is 0 Å². The van der Waals surface area contributed by atoms with E-state index >= 15 is 0 Å². The number of likely N-dealkylation sites (tertiary alicyclic amines) is 1. The summed E-state index contributed by atoms with van der Waals surface area (Å²) in [5.41, 5.74) is 1.53. The number of piperidine rings is 1. The van der Waals surface area contributed by atoms with E-state index < -0.39 is 11.8 Å². The van der Waals surface area contributed by atoms with E-state index in [1.807, 2.05) is 39.9 Å². The normalized spacial score (nSPS) is 20.1. The zero-order valence-electron chi connectivity index (χ0n) is 19.4. The van der Waals surface area contributed by atoms with E-state index in [1.165, 1.54) is 11.2 Å². The highest BCUT2D eigenvalue weighted by Crippen LogP contribution is 2.26. The highest BCUT2D eigenvalue weighted by atomic mass is 32.1. The van der Waals surface area contributed by atoms with Crippen molar-refractivity contribution in [1.29, 1.82) is 0 Å². The SMILES string of the molecule is CC1CCCCN1C(=O)Cn1cc(C=C2C(=O)NC(=S)N(Cc3ccco3)C2=O)c2ccccc21. The van der Waals surface area contributed by atoms with Gasteiger partial charge >= 0.3 is 0 Å². The smallest absolute Gasteiger partial charge is 0.266 e. The van der Waals surface area contributed by atoms with Crippen molar-refractivity contribution < 1.29 is 18.8 Å². The Balaban J connectivity index is 1.47. The van der Waals surface area contributed by atoms with Gasteiger partial charge in [-0.1, -0.05) is 18.2 Å². The molecule has 1 atom stereocenters. The van der Waals surface area contributed by atoms with Crippen LogP contribution in [0.3, 0.4) is 0 Å². The maximum atomic E-state index is 13.2. The molecule has 5 rings (SSSR count).